The predicted octanol–water partition coefficient (Wildman–Crippen LogP) is 0.935. The molecule has 1 heterocycles. The molecule has 0 bridgehead atoms. The molecule has 7 heteroatoms. The van der Waals surface area contributed by atoms with Crippen molar-refractivity contribution in [1.82, 2.24) is 4.98 Å². The third kappa shape index (κ3) is 3.99. The number of pyridine rings is 1. The molecule has 0 fully saturated rings. The number of carbonyl (C=O) groups is 1. The van der Waals surface area contributed by atoms with Gasteiger partial charge in [0.05, 0.1) is 5.75 Å². The van der Waals surface area contributed by atoms with Gasteiger partial charge >= 0.3 is 5.97 Å². The van der Waals surface area contributed by atoms with E-state index in [4.69, 9.17) is 5.11 Å². The number of aryl methyl sites for hydroxylation is 1. The molecule has 1 aromatic heterocycles. The number of hydrogen-bond donors (Lipinski definition) is 2. The number of hydrogen-bond acceptors (Lipinski definition) is 5. The second-order valence-electron chi connectivity index (χ2n) is 3.82. The quantitative estimate of drug-likeness (QED) is 0.800. The molecule has 0 radical (unpaired) electrons. The van der Waals surface area contributed by atoms with Crippen LogP contribution in [-0.4, -0.2) is 42.5 Å². The van der Waals surface area contributed by atoms with Crippen LogP contribution in [0.1, 0.15) is 23.0 Å². The van der Waals surface area contributed by atoms with E-state index in [2.05, 4.69) is 10.3 Å². The molecule has 0 atom stereocenters. The first kappa shape index (κ1) is 14.4. The molecule has 0 aromatic carbocycles. The third-order valence-corrected chi connectivity index (χ3v) is 4.12. The summed E-state index contributed by atoms with van der Waals surface area (Å²) < 4.78 is 22.6. The molecule has 0 saturated heterocycles. The maximum atomic E-state index is 11.3. The smallest absolute Gasteiger partial charge is 0.339 e. The molecule has 0 unspecified atom stereocenters. The van der Waals surface area contributed by atoms with Crippen molar-refractivity contribution in [2.24, 2.45) is 0 Å². The van der Waals surface area contributed by atoms with Gasteiger partial charge < -0.3 is 10.4 Å². The van der Waals surface area contributed by atoms with Gasteiger partial charge in [0.25, 0.3) is 0 Å². The van der Waals surface area contributed by atoms with Crippen LogP contribution in [0.5, 0.6) is 0 Å². The van der Waals surface area contributed by atoms with Crippen molar-refractivity contribution in [2.45, 2.75) is 13.8 Å². The molecule has 0 amide bonds. The van der Waals surface area contributed by atoms with Crippen LogP contribution in [-0.2, 0) is 9.84 Å². The van der Waals surface area contributed by atoms with Crippen LogP contribution < -0.4 is 5.32 Å². The maximum Gasteiger partial charge on any atom is 0.339 e. The van der Waals surface area contributed by atoms with Gasteiger partial charge in [0.15, 0.2) is 9.84 Å². The van der Waals surface area contributed by atoms with E-state index in [-0.39, 0.29) is 29.4 Å². The number of aromatic nitrogens is 1. The van der Waals surface area contributed by atoms with E-state index in [9.17, 15) is 13.2 Å². The molecular weight excluding hydrogens is 256 g/mol. The van der Waals surface area contributed by atoms with Gasteiger partial charge in [-0.15, -0.1) is 0 Å². The molecule has 0 aliphatic rings. The predicted molar refractivity (Wildman–Crippen MR) is 68.8 cm³/mol. The van der Waals surface area contributed by atoms with Gasteiger partial charge in [-0.2, -0.15) is 0 Å². The van der Waals surface area contributed by atoms with E-state index in [0.717, 1.165) is 0 Å². The Balaban J connectivity index is 2.78. The highest BCUT2D eigenvalue weighted by atomic mass is 32.2. The first-order valence-electron chi connectivity index (χ1n) is 5.51. The Morgan fingerprint density at radius 1 is 1.44 bits per heavy atom. The zero-order valence-electron chi connectivity index (χ0n) is 10.3. The lowest BCUT2D eigenvalue weighted by molar-refractivity contribution is 0.0697. The van der Waals surface area contributed by atoms with Gasteiger partial charge in [-0.25, -0.2) is 18.2 Å². The third-order valence-electron chi connectivity index (χ3n) is 2.41. The lowest BCUT2D eigenvalue weighted by Crippen LogP contribution is -2.19. The Labute approximate surface area is 106 Å². The van der Waals surface area contributed by atoms with Gasteiger partial charge in [-0.05, 0) is 19.1 Å². The Bertz CT molecular complexity index is 540. The van der Waals surface area contributed by atoms with E-state index in [0.29, 0.717) is 5.69 Å². The van der Waals surface area contributed by atoms with Crippen molar-refractivity contribution in [3.05, 3.63) is 23.4 Å². The molecule has 0 saturated carbocycles. The van der Waals surface area contributed by atoms with Crippen LogP contribution in [0.2, 0.25) is 0 Å². The monoisotopic (exact) mass is 272 g/mol. The second kappa shape index (κ2) is 5.81. The minimum absolute atomic E-state index is 0.0366. The number of nitrogens with zero attached hydrogens (tertiary/aromatic N) is 1. The zero-order valence-corrected chi connectivity index (χ0v) is 11.1. The molecule has 0 aliphatic carbocycles. The van der Waals surface area contributed by atoms with Crippen molar-refractivity contribution in [2.75, 3.05) is 23.4 Å². The molecule has 6 nitrogen and oxygen atoms in total. The highest BCUT2D eigenvalue weighted by Crippen LogP contribution is 2.13. The van der Waals surface area contributed by atoms with Crippen molar-refractivity contribution in [3.63, 3.8) is 0 Å². The van der Waals surface area contributed by atoms with E-state index in [1.165, 1.54) is 6.07 Å². The Morgan fingerprint density at radius 3 is 2.67 bits per heavy atom. The average Bonchev–Trinajstić information content (AvgIpc) is 2.28. The Kier molecular flexibility index (Phi) is 4.66. The van der Waals surface area contributed by atoms with Gasteiger partial charge in [0.1, 0.15) is 11.4 Å². The first-order chi connectivity index (χ1) is 8.35. The van der Waals surface area contributed by atoms with E-state index < -0.39 is 15.8 Å². The summed E-state index contributed by atoms with van der Waals surface area (Å²) in [7, 11) is -3.07. The lowest BCUT2D eigenvalue weighted by atomic mass is 10.2. The van der Waals surface area contributed by atoms with Crippen LogP contribution >= 0.6 is 0 Å². The first-order valence-corrected chi connectivity index (χ1v) is 7.33. The van der Waals surface area contributed by atoms with Gasteiger partial charge in [-0.3, -0.25) is 0 Å². The Hall–Kier alpha value is -1.63. The van der Waals surface area contributed by atoms with Crippen LogP contribution in [0, 0.1) is 6.92 Å². The second-order valence-corrected chi connectivity index (χ2v) is 6.29. The fourth-order valence-electron chi connectivity index (χ4n) is 1.33. The summed E-state index contributed by atoms with van der Waals surface area (Å²) in [5.41, 5.74) is 0.704. The maximum absolute atomic E-state index is 11.3. The molecule has 18 heavy (non-hydrogen) atoms. The van der Waals surface area contributed by atoms with Crippen molar-refractivity contribution >= 4 is 21.6 Å². The van der Waals surface area contributed by atoms with Crippen molar-refractivity contribution in [1.29, 1.82) is 0 Å². The van der Waals surface area contributed by atoms with Gasteiger partial charge in [0, 0.05) is 18.0 Å². The number of nitrogens with one attached hydrogen (secondary N) is 1. The number of sulfone groups is 1. The molecule has 0 aliphatic heterocycles. The van der Waals surface area contributed by atoms with E-state index in [1.807, 2.05) is 0 Å². The fraction of sp³-hybridized carbons (Fsp3) is 0.455. The number of anilines is 1. The summed E-state index contributed by atoms with van der Waals surface area (Å²) >= 11 is 0. The number of carboxylic acids is 1. The summed E-state index contributed by atoms with van der Waals surface area (Å²) in [5, 5.41) is 11.7. The highest BCUT2D eigenvalue weighted by Gasteiger charge is 2.12. The number of carboxylic acid groups (broad SMARTS) is 1. The van der Waals surface area contributed by atoms with Crippen LogP contribution in [0.25, 0.3) is 0 Å². The largest absolute Gasteiger partial charge is 0.478 e. The Morgan fingerprint density at radius 2 is 2.11 bits per heavy atom. The number of rotatable bonds is 6. The minimum Gasteiger partial charge on any atom is -0.478 e. The molecular formula is C11H16N2O4S. The van der Waals surface area contributed by atoms with Crippen molar-refractivity contribution < 1.29 is 18.3 Å². The van der Waals surface area contributed by atoms with E-state index >= 15 is 0 Å². The average molecular weight is 272 g/mol. The molecule has 100 valence electrons. The summed E-state index contributed by atoms with van der Waals surface area (Å²) in [6.07, 6.45) is 0. The fourth-order valence-corrected chi connectivity index (χ4v) is 2.04. The summed E-state index contributed by atoms with van der Waals surface area (Å²) in [6, 6.07) is 3.04. The lowest BCUT2D eigenvalue weighted by Gasteiger charge is -2.09. The van der Waals surface area contributed by atoms with Crippen LogP contribution in [0.4, 0.5) is 5.82 Å². The van der Waals surface area contributed by atoms with Gasteiger partial charge in [-0.1, -0.05) is 6.92 Å². The summed E-state index contributed by atoms with van der Waals surface area (Å²) in [4.78, 5) is 15.0. The molecule has 1 rings (SSSR count). The highest BCUT2D eigenvalue weighted by molar-refractivity contribution is 7.91. The minimum atomic E-state index is -3.07. The van der Waals surface area contributed by atoms with Crippen LogP contribution in [0.3, 0.4) is 0 Å². The van der Waals surface area contributed by atoms with Gasteiger partial charge in [0.2, 0.25) is 0 Å². The topological polar surface area (TPSA) is 96.4 Å². The molecule has 2 N–H and O–H groups in total. The normalized spacial score (nSPS) is 11.2. The van der Waals surface area contributed by atoms with Crippen LogP contribution in [0.15, 0.2) is 12.1 Å². The van der Waals surface area contributed by atoms with Crippen molar-refractivity contribution in [3.8, 4) is 0 Å². The number of aromatic carboxylic acids is 1. The summed E-state index contributed by atoms with van der Waals surface area (Å²) in [6.45, 7) is 3.45. The molecule has 0 spiro atoms. The summed E-state index contributed by atoms with van der Waals surface area (Å²) in [5.74, 6) is -0.864. The zero-order chi connectivity index (χ0) is 13.8. The standard InChI is InChI=1S/C11H16N2O4S/c1-3-18(16,17)7-6-12-10-9(11(14)15)5-4-8(2)13-10/h4-5H,3,6-7H2,1-2H3,(H,12,13)(H,14,15). The molecule has 1 aromatic rings. The SMILES string of the molecule is CCS(=O)(=O)CCNc1nc(C)ccc1C(=O)O. The van der Waals surface area contributed by atoms with E-state index in [1.54, 1.807) is 19.9 Å².